The third-order valence-electron chi connectivity index (χ3n) is 5.35. The van der Waals surface area contributed by atoms with E-state index in [1.54, 1.807) is 0 Å². The monoisotopic (exact) mass is 359 g/mol. The van der Waals surface area contributed by atoms with Crippen LogP contribution >= 0.6 is 7.92 Å². The molecule has 0 saturated carbocycles. The fourth-order valence-corrected chi connectivity index (χ4v) is 6.56. The van der Waals surface area contributed by atoms with Gasteiger partial charge in [-0.1, -0.05) is 66.7 Å². The quantitative estimate of drug-likeness (QED) is 0.660. The van der Waals surface area contributed by atoms with Gasteiger partial charge in [-0.15, -0.1) is 0 Å². The molecule has 0 radical (unpaired) electrons. The average Bonchev–Trinajstić information content (AvgIpc) is 3.19. The molecule has 130 valence electrons. The van der Waals surface area contributed by atoms with Gasteiger partial charge in [-0.3, -0.25) is 0 Å². The van der Waals surface area contributed by atoms with E-state index in [4.69, 9.17) is 4.74 Å². The number of rotatable bonds is 3. The van der Waals surface area contributed by atoms with Crippen LogP contribution < -0.4 is 25.6 Å². The first-order valence-electron chi connectivity index (χ1n) is 9.34. The van der Waals surface area contributed by atoms with E-state index in [0.717, 1.165) is 18.9 Å². The summed E-state index contributed by atoms with van der Waals surface area (Å²) < 4.78 is 6.37. The molecule has 1 atom stereocenters. The van der Waals surface area contributed by atoms with E-state index in [1.165, 1.54) is 34.4 Å². The molecular formula is C23H22NOP. The Labute approximate surface area is 156 Å². The van der Waals surface area contributed by atoms with Crippen LogP contribution in [0.25, 0.3) is 0 Å². The molecule has 0 unspecified atom stereocenters. The standard InChI is InChI=1S/C23H22NOP/c1-3-10-19(11-4-1)26(20-12-5-2-6-13-20)22-15-7-14-21-23(22)25-17-18-9-8-16-24(18)21/h1-7,10-15,18H,8-9,16-17H2/t18-/m0/s1. The Morgan fingerprint density at radius 2 is 1.50 bits per heavy atom. The number of para-hydroxylation sites is 1. The Kier molecular flexibility index (Phi) is 4.15. The summed E-state index contributed by atoms with van der Waals surface area (Å²) in [6.07, 6.45) is 2.51. The maximum atomic E-state index is 6.37. The van der Waals surface area contributed by atoms with Crippen molar-refractivity contribution in [2.24, 2.45) is 0 Å². The van der Waals surface area contributed by atoms with E-state index in [9.17, 15) is 0 Å². The van der Waals surface area contributed by atoms with Gasteiger partial charge in [0.15, 0.2) is 5.75 Å². The lowest BCUT2D eigenvalue weighted by Gasteiger charge is -2.35. The lowest BCUT2D eigenvalue weighted by atomic mass is 10.2. The van der Waals surface area contributed by atoms with Gasteiger partial charge in [-0.25, -0.2) is 0 Å². The normalized spacial score (nSPS) is 18.3. The number of benzene rings is 3. The summed E-state index contributed by atoms with van der Waals surface area (Å²) in [6.45, 7) is 1.97. The Hall–Kier alpha value is -2.31. The van der Waals surface area contributed by atoms with Crippen LogP contribution in [0.4, 0.5) is 5.69 Å². The predicted octanol–water partition coefficient (Wildman–Crippen LogP) is 3.81. The second kappa shape index (κ2) is 6.78. The molecule has 0 aromatic heterocycles. The first kappa shape index (κ1) is 15.9. The molecule has 2 nitrogen and oxygen atoms in total. The molecule has 3 heteroatoms. The van der Waals surface area contributed by atoms with Gasteiger partial charge in [0.05, 0.1) is 11.7 Å². The minimum absolute atomic E-state index is 0.553. The van der Waals surface area contributed by atoms with Crippen molar-refractivity contribution in [3.05, 3.63) is 78.9 Å². The summed E-state index contributed by atoms with van der Waals surface area (Å²) in [5.74, 6) is 1.10. The van der Waals surface area contributed by atoms with Crippen molar-refractivity contribution < 1.29 is 4.74 Å². The SMILES string of the molecule is c1ccc(P(c2ccccc2)c2cccc3c2OC[C@@H]2CCCN32)cc1. The van der Waals surface area contributed by atoms with Crippen molar-refractivity contribution >= 4 is 29.5 Å². The van der Waals surface area contributed by atoms with Gasteiger partial charge in [0, 0.05) is 11.8 Å². The number of hydrogen-bond acceptors (Lipinski definition) is 2. The molecule has 0 N–H and O–H groups in total. The Morgan fingerprint density at radius 1 is 0.808 bits per heavy atom. The number of nitrogens with zero attached hydrogens (tertiary/aromatic N) is 1. The number of fused-ring (bicyclic) bond motifs is 3. The van der Waals surface area contributed by atoms with E-state index in [1.807, 2.05) is 0 Å². The first-order valence-corrected chi connectivity index (χ1v) is 10.7. The van der Waals surface area contributed by atoms with E-state index in [2.05, 4.69) is 83.8 Å². The summed E-state index contributed by atoms with van der Waals surface area (Å²) in [5.41, 5.74) is 1.29. The largest absolute Gasteiger partial charge is 0.489 e. The molecular weight excluding hydrogens is 337 g/mol. The first-order chi connectivity index (χ1) is 12.9. The van der Waals surface area contributed by atoms with Crippen LogP contribution in [0.15, 0.2) is 78.9 Å². The number of hydrogen-bond donors (Lipinski definition) is 0. The van der Waals surface area contributed by atoms with Crippen molar-refractivity contribution in [2.75, 3.05) is 18.1 Å². The third kappa shape index (κ3) is 2.70. The van der Waals surface area contributed by atoms with Gasteiger partial charge in [0.2, 0.25) is 0 Å². The maximum Gasteiger partial charge on any atom is 0.151 e. The molecule has 3 aromatic carbocycles. The van der Waals surface area contributed by atoms with Gasteiger partial charge in [0.25, 0.3) is 0 Å². The van der Waals surface area contributed by atoms with Crippen molar-refractivity contribution in [1.29, 1.82) is 0 Å². The molecule has 0 aliphatic carbocycles. The molecule has 2 aliphatic heterocycles. The topological polar surface area (TPSA) is 12.5 Å². The summed E-state index contributed by atoms with van der Waals surface area (Å²) >= 11 is 0. The fourth-order valence-electron chi connectivity index (χ4n) is 4.15. The zero-order chi connectivity index (χ0) is 17.3. The van der Waals surface area contributed by atoms with Gasteiger partial charge < -0.3 is 9.64 Å². The second-order valence-corrected chi connectivity index (χ2v) is 9.12. The van der Waals surface area contributed by atoms with Crippen molar-refractivity contribution in [3.63, 3.8) is 0 Å². The predicted molar refractivity (Wildman–Crippen MR) is 111 cm³/mol. The van der Waals surface area contributed by atoms with Gasteiger partial charge in [-0.05, 0) is 43.5 Å². The number of anilines is 1. The smallest absolute Gasteiger partial charge is 0.151 e. The Morgan fingerprint density at radius 3 is 2.19 bits per heavy atom. The lowest BCUT2D eigenvalue weighted by Crippen LogP contribution is -2.40. The highest BCUT2D eigenvalue weighted by Gasteiger charge is 2.34. The number of ether oxygens (including phenoxy) is 1. The maximum absolute atomic E-state index is 6.37. The van der Waals surface area contributed by atoms with Gasteiger partial charge in [0.1, 0.15) is 6.61 Å². The molecule has 3 aromatic rings. The Bertz CT molecular complexity index is 857. The molecule has 26 heavy (non-hydrogen) atoms. The molecule has 0 bridgehead atoms. The van der Waals surface area contributed by atoms with Crippen LogP contribution in [0.1, 0.15) is 12.8 Å². The van der Waals surface area contributed by atoms with Gasteiger partial charge >= 0.3 is 0 Å². The second-order valence-electron chi connectivity index (χ2n) is 6.93. The third-order valence-corrected chi connectivity index (χ3v) is 7.81. The highest BCUT2D eigenvalue weighted by Crippen LogP contribution is 2.43. The molecule has 5 rings (SSSR count). The zero-order valence-corrected chi connectivity index (χ0v) is 15.6. The molecule has 2 heterocycles. The molecule has 0 amide bonds. The average molecular weight is 359 g/mol. The molecule has 2 aliphatic rings. The van der Waals surface area contributed by atoms with Crippen LogP contribution in [0.5, 0.6) is 5.75 Å². The summed E-state index contributed by atoms with van der Waals surface area (Å²) in [7, 11) is -0.630. The molecule has 1 saturated heterocycles. The van der Waals surface area contributed by atoms with E-state index in [-0.39, 0.29) is 0 Å². The molecule has 1 fully saturated rings. The minimum Gasteiger partial charge on any atom is -0.489 e. The highest BCUT2D eigenvalue weighted by molar-refractivity contribution is 7.80. The van der Waals surface area contributed by atoms with Crippen LogP contribution in [0.3, 0.4) is 0 Å². The van der Waals surface area contributed by atoms with Crippen LogP contribution in [0, 0.1) is 0 Å². The van der Waals surface area contributed by atoms with Crippen LogP contribution in [-0.2, 0) is 0 Å². The highest BCUT2D eigenvalue weighted by atomic mass is 31.1. The minimum atomic E-state index is -0.630. The lowest BCUT2D eigenvalue weighted by molar-refractivity contribution is 0.274. The summed E-state index contributed by atoms with van der Waals surface area (Å²) in [6, 6.07) is 29.0. The van der Waals surface area contributed by atoms with Crippen LogP contribution in [0.2, 0.25) is 0 Å². The van der Waals surface area contributed by atoms with E-state index >= 15 is 0 Å². The van der Waals surface area contributed by atoms with E-state index in [0.29, 0.717) is 6.04 Å². The Balaban J connectivity index is 1.67. The van der Waals surface area contributed by atoms with E-state index < -0.39 is 7.92 Å². The van der Waals surface area contributed by atoms with Gasteiger partial charge in [-0.2, -0.15) is 0 Å². The van der Waals surface area contributed by atoms with Crippen molar-refractivity contribution in [1.82, 2.24) is 0 Å². The van der Waals surface area contributed by atoms with Crippen LogP contribution in [-0.4, -0.2) is 19.2 Å². The summed E-state index contributed by atoms with van der Waals surface area (Å²) in [5, 5.41) is 4.07. The van der Waals surface area contributed by atoms with Crippen molar-refractivity contribution in [3.8, 4) is 5.75 Å². The summed E-state index contributed by atoms with van der Waals surface area (Å²) in [4.78, 5) is 2.56. The fraction of sp³-hybridized carbons (Fsp3) is 0.217. The zero-order valence-electron chi connectivity index (χ0n) is 14.7. The molecule has 0 spiro atoms. The van der Waals surface area contributed by atoms with Crippen molar-refractivity contribution in [2.45, 2.75) is 18.9 Å².